The molecule has 45 heavy (non-hydrogen) atoms. The van der Waals surface area contributed by atoms with E-state index in [1.807, 2.05) is 47.1 Å². The Bertz CT molecular complexity index is 1520. The highest BCUT2D eigenvalue weighted by molar-refractivity contribution is 5.98. The molecule has 8 nitrogen and oxygen atoms in total. The van der Waals surface area contributed by atoms with Gasteiger partial charge in [-0.05, 0) is 85.5 Å². The Morgan fingerprint density at radius 3 is 2.36 bits per heavy atom. The fourth-order valence-electron chi connectivity index (χ4n) is 6.69. The van der Waals surface area contributed by atoms with E-state index in [1.165, 1.54) is 12.1 Å². The van der Waals surface area contributed by atoms with E-state index in [9.17, 15) is 14.0 Å². The predicted octanol–water partition coefficient (Wildman–Crippen LogP) is 4.57. The van der Waals surface area contributed by atoms with E-state index in [-0.39, 0.29) is 35.7 Å². The molecule has 0 aliphatic carbocycles. The molecule has 3 aromatic rings. The first-order valence-corrected chi connectivity index (χ1v) is 16.2. The number of piperazine rings is 2. The third-order valence-corrected chi connectivity index (χ3v) is 9.22. The highest BCUT2D eigenvalue weighted by atomic mass is 19.1. The van der Waals surface area contributed by atoms with Crippen LogP contribution in [-0.4, -0.2) is 92.7 Å². The van der Waals surface area contributed by atoms with Crippen molar-refractivity contribution in [3.63, 3.8) is 0 Å². The van der Waals surface area contributed by atoms with Crippen molar-refractivity contribution in [1.82, 2.24) is 20.4 Å². The number of halogens is 1. The number of aryl methyl sites for hydroxylation is 1. The minimum Gasteiger partial charge on any atom is -0.488 e. The molecule has 238 valence electrons. The van der Waals surface area contributed by atoms with Gasteiger partial charge in [-0.25, -0.2) is 4.39 Å². The SMILES string of the molecule is Cc1cc(C(=O)N2CCN(C(=O)c3ccc(O[C@H]4CCNC4)c(-c4ccc(F)cc4)c3)[C@@H](C(C)C)C2)cc(N2CCNCC2)c1. The lowest BCUT2D eigenvalue weighted by molar-refractivity contribution is 0.0303. The lowest BCUT2D eigenvalue weighted by Crippen LogP contribution is -2.58. The molecular weight excluding hydrogens is 569 g/mol. The molecule has 6 rings (SSSR count). The Labute approximate surface area is 265 Å². The summed E-state index contributed by atoms with van der Waals surface area (Å²) in [5.41, 5.74) is 4.96. The molecular formula is C36H44FN5O3. The van der Waals surface area contributed by atoms with Crippen molar-refractivity contribution in [2.24, 2.45) is 5.92 Å². The second-order valence-corrected chi connectivity index (χ2v) is 12.8. The molecule has 0 unspecified atom stereocenters. The fourth-order valence-corrected chi connectivity index (χ4v) is 6.69. The second-order valence-electron chi connectivity index (χ2n) is 12.8. The molecule has 3 saturated heterocycles. The molecule has 2 amide bonds. The average molecular weight is 614 g/mol. The number of carbonyl (C=O) groups is 2. The van der Waals surface area contributed by atoms with Gasteiger partial charge in [0, 0.05) is 74.7 Å². The van der Waals surface area contributed by atoms with Gasteiger partial charge in [-0.15, -0.1) is 0 Å². The van der Waals surface area contributed by atoms with E-state index < -0.39 is 0 Å². The standard InChI is InChI=1S/C36H44FN5O3/c1-24(2)33-23-41(35(43)28-18-25(3)19-30(20-28)40-14-12-38-13-15-40)16-17-42(33)36(44)27-6-9-34(45-31-10-11-39-22-31)32(21-27)26-4-7-29(37)8-5-26/h4-9,18-21,24,31,33,38-39H,10-17,22-23H2,1-3H3/t31-,33+/m0/s1. The summed E-state index contributed by atoms with van der Waals surface area (Å²) in [5.74, 6) is 0.448. The Morgan fingerprint density at radius 1 is 0.867 bits per heavy atom. The van der Waals surface area contributed by atoms with Gasteiger partial charge in [0.15, 0.2) is 0 Å². The first-order chi connectivity index (χ1) is 21.8. The van der Waals surface area contributed by atoms with Crippen LogP contribution in [0.25, 0.3) is 11.1 Å². The first kappa shape index (κ1) is 31.0. The molecule has 0 saturated carbocycles. The molecule has 0 aromatic heterocycles. The van der Waals surface area contributed by atoms with Crippen LogP contribution in [0.4, 0.5) is 10.1 Å². The van der Waals surface area contributed by atoms with Crippen molar-refractivity contribution in [1.29, 1.82) is 0 Å². The summed E-state index contributed by atoms with van der Waals surface area (Å²) < 4.78 is 20.1. The predicted molar refractivity (Wildman–Crippen MR) is 176 cm³/mol. The van der Waals surface area contributed by atoms with E-state index in [0.717, 1.165) is 68.1 Å². The molecule has 3 fully saturated rings. The monoisotopic (exact) mass is 613 g/mol. The third-order valence-electron chi connectivity index (χ3n) is 9.22. The van der Waals surface area contributed by atoms with E-state index in [1.54, 1.807) is 12.1 Å². The van der Waals surface area contributed by atoms with Crippen LogP contribution in [0.15, 0.2) is 60.7 Å². The Balaban J connectivity index is 1.22. The summed E-state index contributed by atoms with van der Waals surface area (Å²) in [7, 11) is 0. The zero-order chi connectivity index (χ0) is 31.5. The number of nitrogens with one attached hydrogen (secondary N) is 2. The van der Waals surface area contributed by atoms with Crippen molar-refractivity contribution in [3.8, 4) is 16.9 Å². The normalized spacial score (nSPS) is 20.5. The van der Waals surface area contributed by atoms with Crippen molar-refractivity contribution in [3.05, 3.63) is 83.2 Å². The van der Waals surface area contributed by atoms with Gasteiger partial charge in [0.25, 0.3) is 11.8 Å². The number of benzene rings is 3. The van der Waals surface area contributed by atoms with Gasteiger partial charge >= 0.3 is 0 Å². The average Bonchev–Trinajstić information content (AvgIpc) is 3.58. The summed E-state index contributed by atoms with van der Waals surface area (Å²) in [4.78, 5) is 34.1. The van der Waals surface area contributed by atoms with E-state index >= 15 is 0 Å². The van der Waals surface area contributed by atoms with Crippen molar-refractivity contribution in [2.45, 2.75) is 39.3 Å². The molecule has 3 aliphatic heterocycles. The molecule has 3 aliphatic rings. The summed E-state index contributed by atoms with van der Waals surface area (Å²) in [5, 5.41) is 6.71. The van der Waals surface area contributed by atoms with Crippen LogP contribution in [0.5, 0.6) is 5.75 Å². The molecule has 9 heteroatoms. The maximum Gasteiger partial charge on any atom is 0.254 e. The fraction of sp³-hybridized carbons (Fsp3) is 0.444. The van der Waals surface area contributed by atoms with Crippen LogP contribution in [-0.2, 0) is 0 Å². The van der Waals surface area contributed by atoms with Crippen LogP contribution in [0, 0.1) is 18.7 Å². The topological polar surface area (TPSA) is 77.2 Å². The number of nitrogens with zero attached hydrogens (tertiary/aromatic N) is 3. The molecule has 2 atom stereocenters. The number of rotatable bonds is 7. The number of ether oxygens (including phenoxy) is 1. The number of amides is 2. The molecule has 0 radical (unpaired) electrons. The molecule has 0 spiro atoms. The van der Waals surface area contributed by atoms with Gasteiger partial charge in [-0.3, -0.25) is 9.59 Å². The Kier molecular flexibility index (Phi) is 9.37. The van der Waals surface area contributed by atoms with Crippen LogP contribution in [0.3, 0.4) is 0 Å². The van der Waals surface area contributed by atoms with Crippen LogP contribution >= 0.6 is 0 Å². The summed E-state index contributed by atoms with van der Waals surface area (Å²) in [6.45, 7) is 13.0. The number of carbonyl (C=O) groups excluding carboxylic acids is 2. The number of hydrogen-bond acceptors (Lipinski definition) is 6. The minimum atomic E-state index is -0.314. The first-order valence-electron chi connectivity index (χ1n) is 16.2. The molecule has 3 heterocycles. The largest absolute Gasteiger partial charge is 0.488 e. The van der Waals surface area contributed by atoms with Gasteiger partial charge in [-0.1, -0.05) is 26.0 Å². The second kappa shape index (κ2) is 13.6. The van der Waals surface area contributed by atoms with E-state index in [0.29, 0.717) is 36.5 Å². The molecule has 3 aromatic carbocycles. The summed E-state index contributed by atoms with van der Waals surface area (Å²) >= 11 is 0. The zero-order valence-electron chi connectivity index (χ0n) is 26.5. The quantitative estimate of drug-likeness (QED) is 0.407. The van der Waals surface area contributed by atoms with Crippen LogP contribution < -0.4 is 20.3 Å². The lowest BCUT2D eigenvalue weighted by atomic mass is 9.96. The van der Waals surface area contributed by atoms with E-state index in [4.69, 9.17) is 4.74 Å². The van der Waals surface area contributed by atoms with Crippen molar-refractivity contribution < 1.29 is 18.7 Å². The Hall–Kier alpha value is -3.95. The zero-order valence-corrected chi connectivity index (χ0v) is 26.5. The highest BCUT2D eigenvalue weighted by Crippen LogP contribution is 2.34. The maximum absolute atomic E-state index is 14.1. The Morgan fingerprint density at radius 2 is 1.64 bits per heavy atom. The number of hydrogen-bond donors (Lipinski definition) is 2. The van der Waals surface area contributed by atoms with Gasteiger partial charge in [0.2, 0.25) is 0 Å². The van der Waals surface area contributed by atoms with Crippen molar-refractivity contribution in [2.75, 3.05) is 63.8 Å². The van der Waals surface area contributed by atoms with Gasteiger partial charge in [0.05, 0.1) is 6.04 Å². The summed E-state index contributed by atoms with van der Waals surface area (Å²) in [6.07, 6.45) is 0.949. The number of anilines is 1. The van der Waals surface area contributed by atoms with E-state index in [2.05, 4.69) is 35.4 Å². The van der Waals surface area contributed by atoms with Gasteiger partial charge < -0.3 is 30.1 Å². The molecule has 2 N–H and O–H groups in total. The highest BCUT2D eigenvalue weighted by Gasteiger charge is 2.35. The lowest BCUT2D eigenvalue weighted by Gasteiger charge is -2.43. The minimum absolute atomic E-state index is 0.00864. The smallest absolute Gasteiger partial charge is 0.254 e. The van der Waals surface area contributed by atoms with Crippen LogP contribution in [0.1, 0.15) is 46.5 Å². The van der Waals surface area contributed by atoms with Gasteiger partial charge in [-0.2, -0.15) is 0 Å². The molecule has 0 bridgehead atoms. The van der Waals surface area contributed by atoms with Crippen LogP contribution in [0.2, 0.25) is 0 Å². The van der Waals surface area contributed by atoms with Gasteiger partial charge in [0.1, 0.15) is 17.7 Å². The maximum atomic E-state index is 14.1. The van der Waals surface area contributed by atoms with Crippen molar-refractivity contribution >= 4 is 17.5 Å². The summed E-state index contributed by atoms with van der Waals surface area (Å²) in [6, 6.07) is 17.9. The third kappa shape index (κ3) is 6.99.